The van der Waals surface area contributed by atoms with Gasteiger partial charge in [-0.15, -0.1) is 0 Å². The Morgan fingerprint density at radius 2 is 2.17 bits per heavy atom. The van der Waals surface area contributed by atoms with Crippen molar-refractivity contribution in [2.24, 2.45) is 5.41 Å². The van der Waals surface area contributed by atoms with Gasteiger partial charge in [-0.3, -0.25) is 9.69 Å². The first-order chi connectivity index (χ1) is 14.0. The van der Waals surface area contributed by atoms with Crippen molar-refractivity contribution in [1.29, 1.82) is 0 Å². The number of nitrogens with zero attached hydrogens (tertiary/aromatic N) is 1. The van der Waals surface area contributed by atoms with Crippen molar-refractivity contribution in [2.75, 3.05) is 13.7 Å². The Hall–Kier alpha value is -2.38. The summed E-state index contributed by atoms with van der Waals surface area (Å²) in [6.45, 7) is 3.09. The van der Waals surface area contributed by atoms with Crippen LogP contribution in [0.5, 0.6) is 0 Å². The molecule has 29 heavy (non-hydrogen) atoms. The van der Waals surface area contributed by atoms with Crippen molar-refractivity contribution in [3.63, 3.8) is 0 Å². The molecule has 1 aliphatic heterocycles. The van der Waals surface area contributed by atoms with Gasteiger partial charge >= 0.3 is 5.97 Å². The van der Waals surface area contributed by atoms with Gasteiger partial charge in [0.1, 0.15) is 11.9 Å². The molecule has 152 valence electrons. The number of benzene rings is 1. The summed E-state index contributed by atoms with van der Waals surface area (Å²) in [5.74, 6) is 6.14. The molecule has 2 fully saturated rings. The first-order valence-corrected chi connectivity index (χ1v) is 10.5. The van der Waals surface area contributed by atoms with Gasteiger partial charge in [0.05, 0.1) is 12.5 Å². The lowest BCUT2D eigenvalue weighted by atomic mass is 9.79. The molecule has 1 aromatic carbocycles. The molecule has 0 aromatic heterocycles. The first kappa shape index (κ1) is 19.9. The number of carbonyl (C=O) groups is 1. The van der Waals surface area contributed by atoms with Crippen molar-refractivity contribution in [2.45, 2.75) is 57.5 Å². The molecule has 2 aliphatic carbocycles. The molecule has 3 nitrogen and oxygen atoms in total. The minimum atomic E-state index is -0.258. The summed E-state index contributed by atoms with van der Waals surface area (Å²) in [6.07, 6.45) is 10.6. The topological polar surface area (TPSA) is 29.5 Å². The number of fused-ring (bicyclic) bond motifs is 1. The molecule has 4 rings (SSSR count). The maximum atomic E-state index is 13.4. The second-order valence-electron chi connectivity index (χ2n) is 8.54. The highest BCUT2D eigenvalue weighted by Crippen LogP contribution is 2.44. The monoisotopic (exact) mass is 393 g/mol. The van der Waals surface area contributed by atoms with Gasteiger partial charge < -0.3 is 4.74 Å². The molecule has 1 saturated carbocycles. The van der Waals surface area contributed by atoms with Crippen LogP contribution in [0.15, 0.2) is 47.6 Å². The van der Waals surface area contributed by atoms with E-state index in [0.29, 0.717) is 11.6 Å². The summed E-state index contributed by atoms with van der Waals surface area (Å²) < 4.78 is 18.5. The van der Waals surface area contributed by atoms with Crippen LogP contribution in [0, 0.1) is 23.1 Å². The minimum absolute atomic E-state index is 0.107. The fourth-order valence-electron chi connectivity index (χ4n) is 4.92. The molecule has 0 amide bonds. The lowest BCUT2D eigenvalue weighted by Gasteiger charge is -2.39. The molecule has 3 atom stereocenters. The van der Waals surface area contributed by atoms with Gasteiger partial charge in [-0.2, -0.15) is 0 Å². The molecule has 4 heteroatoms. The quantitative estimate of drug-likeness (QED) is 0.542. The molecule has 1 heterocycles. The van der Waals surface area contributed by atoms with Crippen molar-refractivity contribution in [3.05, 3.63) is 58.9 Å². The van der Waals surface area contributed by atoms with Gasteiger partial charge in [0.2, 0.25) is 0 Å². The summed E-state index contributed by atoms with van der Waals surface area (Å²) in [5, 5.41) is 0. The number of allylic oxidation sites excluding steroid dienone is 2. The van der Waals surface area contributed by atoms with E-state index in [1.54, 1.807) is 6.07 Å². The molecule has 3 aliphatic rings. The summed E-state index contributed by atoms with van der Waals surface area (Å²) in [7, 11) is 1.48. The van der Waals surface area contributed by atoms with Crippen LogP contribution in [-0.4, -0.2) is 36.6 Å². The third kappa shape index (κ3) is 4.16. The van der Waals surface area contributed by atoms with E-state index in [-0.39, 0.29) is 23.2 Å². The van der Waals surface area contributed by atoms with Crippen molar-refractivity contribution >= 4 is 5.97 Å². The van der Waals surface area contributed by atoms with Gasteiger partial charge in [-0.25, -0.2) is 4.39 Å². The lowest BCUT2D eigenvalue weighted by Crippen LogP contribution is -2.50. The Labute approximate surface area is 172 Å². The van der Waals surface area contributed by atoms with Crippen LogP contribution in [0.1, 0.15) is 51.0 Å². The van der Waals surface area contributed by atoms with Gasteiger partial charge in [0, 0.05) is 11.6 Å². The second kappa shape index (κ2) is 8.16. The molecule has 3 unspecified atom stereocenters. The van der Waals surface area contributed by atoms with Crippen molar-refractivity contribution in [1.82, 2.24) is 4.90 Å². The molecule has 0 bridgehead atoms. The number of likely N-dealkylation sites (tertiary alicyclic amines) is 1. The van der Waals surface area contributed by atoms with Crippen LogP contribution in [0.3, 0.4) is 0 Å². The van der Waals surface area contributed by atoms with Crippen LogP contribution in [0.25, 0.3) is 0 Å². The van der Waals surface area contributed by atoms with Crippen LogP contribution in [0.4, 0.5) is 4.39 Å². The average Bonchev–Trinajstić information content (AvgIpc) is 3.14. The number of piperidine rings is 1. The number of hydrogen-bond donors (Lipinski definition) is 0. The van der Waals surface area contributed by atoms with Gasteiger partial charge in [-0.05, 0) is 74.9 Å². The van der Waals surface area contributed by atoms with Crippen molar-refractivity contribution in [3.8, 4) is 11.8 Å². The predicted octanol–water partition coefficient (Wildman–Crippen LogP) is 4.63. The summed E-state index contributed by atoms with van der Waals surface area (Å²) in [6, 6.07) is 6.61. The zero-order valence-corrected chi connectivity index (χ0v) is 17.2. The number of rotatable bonds is 2. The van der Waals surface area contributed by atoms with E-state index in [9.17, 15) is 9.18 Å². The molecule has 0 spiro atoms. The third-order valence-corrected chi connectivity index (χ3v) is 6.39. The summed E-state index contributed by atoms with van der Waals surface area (Å²) in [5.41, 5.74) is 3.18. The molecule has 0 radical (unpaired) electrons. The zero-order chi connectivity index (χ0) is 20.4. The van der Waals surface area contributed by atoms with Crippen LogP contribution >= 0.6 is 0 Å². The van der Waals surface area contributed by atoms with Crippen LogP contribution in [-0.2, 0) is 9.53 Å². The number of carbonyl (C=O) groups excluding carboxylic acids is 1. The van der Waals surface area contributed by atoms with E-state index < -0.39 is 0 Å². The predicted molar refractivity (Wildman–Crippen MR) is 112 cm³/mol. The van der Waals surface area contributed by atoms with Gasteiger partial charge in [0.25, 0.3) is 0 Å². The SMILES string of the molecule is COC(=O)C1CCCCN1C1CCC2=CC(C)(C#Cc3cccc(F)c3)CC=C21. The number of ether oxygens (including phenoxy) is 1. The maximum absolute atomic E-state index is 13.4. The van der Waals surface area contributed by atoms with E-state index in [1.807, 2.05) is 6.07 Å². The standard InChI is InChI=1S/C25H28FNO2/c1-25(13-11-18-6-5-7-20(26)16-18)14-12-21-19(17-25)9-10-22(21)27-15-4-3-8-23(27)24(28)29-2/h5-7,12,16-17,22-23H,3-4,8-10,14-15H2,1-2H3. The first-order valence-electron chi connectivity index (χ1n) is 10.5. The fourth-order valence-corrected chi connectivity index (χ4v) is 4.92. The van der Waals surface area contributed by atoms with E-state index in [0.717, 1.165) is 45.1 Å². The third-order valence-electron chi connectivity index (χ3n) is 6.39. The highest BCUT2D eigenvalue weighted by Gasteiger charge is 2.40. The Morgan fingerprint density at radius 1 is 1.31 bits per heavy atom. The van der Waals surface area contributed by atoms with E-state index in [4.69, 9.17) is 4.74 Å². The van der Waals surface area contributed by atoms with Crippen LogP contribution in [0.2, 0.25) is 0 Å². The number of esters is 1. The fraction of sp³-hybridized carbons (Fsp3) is 0.480. The Morgan fingerprint density at radius 3 is 2.97 bits per heavy atom. The summed E-state index contributed by atoms with van der Waals surface area (Å²) in [4.78, 5) is 14.7. The Kier molecular flexibility index (Phi) is 5.61. The smallest absolute Gasteiger partial charge is 0.323 e. The molecule has 0 N–H and O–H groups in total. The van der Waals surface area contributed by atoms with Crippen LogP contribution < -0.4 is 0 Å². The maximum Gasteiger partial charge on any atom is 0.323 e. The molecular weight excluding hydrogens is 365 g/mol. The van der Waals surface area contributed by atoms with Gasteiger partial charge in [0.15, 0.2) is 0 Å². The lowest BCUT2D eigenvalue weighted by molar-refractivity contribution is -0.149. The average molecular weight is 394 g/mol. The second-order valence-corrected chi connectivity index (χ2v) is 8.54. The zero-order valence-electron chi connectivity index (χ0n) is 17.2. The normalized spacial score (nSPS) is 29.2. The summed E-state index contributed by atoms with van der Waals surface area (Å²) >= 11 is 0. The van der Waals surface area contributed by atoms with Crippen molar-refractivity contribution < 1.29 is 13.9 Å². The highest BCUT2D eigenvalue weighted by atomic mass is 19.1. The Bertz CT molecular complexity index is 922. The van der Waals surface area contributed by atoms with E-state index >= 15 is 0 Å². The number of methoxy groups -OCH3 is 1. The number of hydrogen-bond acceptors (Lipinski definition) is 3. The largest absolute Gasteiger partial charge is 0.468 e. The van der Waals surface area contributed by atoms with E-state index in [1.165, 1.54) is 30.4 Å². The van der Waals surface area contributed by atoms with Gasteiger partial charge in [-0.1, -0.05) is 36.5 Å². The van der Waals surface area contributed by atoms with E-state index in [2.05, 4.69) is 35.8 Å². The molecular formula is C25H28FNO2. The number of halogens is 1. The molecule has 1 saturated heterocycles. The highest BCUT2D eigenvalue weighted by molar-refractivity contribution is 5.76. The Balaban J connectivity index is 1.53. The molecule has 1 aromatic rings. The minimum Gasteiger partial charge on any atom is -0.468 e.